The second kappa shape index (κ2) is 6.88. The van der Waals surface area contributed by atoms with E-state index in [1.165, 1.54) is 0 Å². The van der Waals surface area contributed by atoms with Crippen LogP contribution in [-0.4, -0.2) is 59.7 Å². The summed E-state index contributed by atoms with van der Waals surface area (Å²) in [6.07, 6.45) is -0.957. The van der Waals surface area contributed by atoms with Crippen LogP contribution in [0, 0.1) is 0 Å². The topological polar surface area (TPSA) is 56.6 Å². The van der Waals surface area contributed by atoms with Crippen LogP contribution in [-0.2, 0) is 26.9 Å². The molecule has 1 aromatic rings. The second-order valence-electron chi connectivity index (χ2n) is 5.72. The highest BCUT2D eigenvalue weighted by Crippen LogP contribution is 2.29. The lowest BCUT2D eigenvalue weighted by Gasteiger charge is -2.40. The van der Waals surface area contributed by atoms with Crippen molar-refractivity contribution in [2.45, 2.75) is 25.1 Å². The van der Waals surface area contributed by atoms with Crippen molar-refractivity contribution < 1.29 is 27.4 Å². The third kappa shape index (κ3) is 4.93. The summed E-state index contributed by atoms with van der Waals surface area (Å²) in [4.78, 5) is 13.7. The summed E-state index contributed by atoms with van der Waals surface area (Å²) in [7, 11) is 1.79. The molecule has 0 saturated carbocycles. The Morgan fingerprint density at radius 2 is 2.26 bits per heavy atom. The number of aromatic nitrogens is 2. The standard InChI is InChI=1S/C14H20F3N3O3/c1-13(11-7-18-19(2)8-11)9-20(4-6-23-13)12(21)3-5-22-10-14(15,16)17/h7-8H,3-6,9-10H2,1-2H3. The van der Waals surface area contributed by atoms with Gasteiger partial charge in [0, 0.05) is 25.4 Å². The van der Waals surface area contributed by atoms with Crippen molar-refractivity contribution in [1.82, 2.24) is 14.7 Å². The summed E-state index contributed by atoms with van der Waals surface area (Å²) in [5.41, 5.74) is 0.181. The molecule has 9 heteroatoms. The van der Waals surface area contributed by atoms with Crippen LogP contribution < -0.4 is 0 Å². The molecular formula is C14H20F3N3O3. The largest absolute Gasteiger partial charge is 0.411 e. The number of amides is 1. The zero-order valence-electron chi connectivity index (χ0n) is 13.1. The summed E-state index contributed by atoms with van der Waals surface area (Å²) in [5.74, 6) is -0.245. The molecule has 0 aliphatic carbocycles. The fourth-order valence-electron chi connectivity index (χ4n) is 2.46. The van der Waals surface area contributed by atoms with E-state index >= 15 is 0 Å². The van der Waals surface area contributed by atoms with E-state index in [4.69, 9.17) is 4.74 Å². The number of ether oxygens (including phenoxy) is 2. The number of rotatable bonds is 5. The monoisotopic (exact) mass is 335 g/mol. The minimum Gasteiger partial charge on any atom is -0.372 e. The lowest BCUT2D eigenvalue weighted by Crippen LogP contribution is -2.50. The van der Waals surface area contributed by atoms with Gasteiger partial charge in [0.05, 0.1) is 32.4 Å². The van der Waals surface area contributed by atoms with Crippen molar-refractivity contribution in [3.8, 4) is 0 Å². The van der Waals surface area contributed by atoms with Crippen molar-refractivity contribution >= 4 is 5.91 Å². The van der Waals surface area contributed by atoms with Crippen molar-refractivity contribution in [3.63, 3.8) is 0 Å². The van der Waals surface area contributed by atoms with Gasteiger partial charge < -0.3 is 14.4 Å². The maximum Gasteiger partial charge on any atom is 0.411 e. The Bertz CT molecular complexity index is 547. The van der Waals surface area contributed by atoms with Gasteiger partial charge in [0.15, 0.2) is 0 Å². The van der Waals surface area contributed by atoms with Crippen molar-refractivity contribution in [1.29, 1.82) is 0 Å². The minimum absolute atomic E-state index is 0.0841. The summed E-state index contributed by atoms with van der Waals surface area (Å²) >= 11 is 0. The molecule has 0 radical (unpaired) electrons. The molecule has 130 valence electrons. The fraction of sp³-hybridized carbons (Fsp3) is 0.714. The molecule has 1 atom stereocenters. The van der Waals surface area contributed by atoms with E-state index in [1.807, 2.05) is 13.1 Å². The van der Waals surface area contributed by atoms with Crippen LogP contribution in [0.3, 0.4) is 0 Å². The number of aryl methyl sites for hydroxylation is 1. The Balaban J connectivity index is 1.87. The third-order valence-corrected chi connectivity index (χ3v) is 3.67. The Morgan fingerprint density at radius 1 is 1.52 bits per heavy atom. The average Bonchev–Trinajstić information content (AvgIpc) is 2.90. The minimum atomic E-state index is -4.37. The zero-order valence-corrected chi connectivity index (χ0v) is 13.1. The maximum atomic E-state index is 12.1. The first-order valence-corrected chi connectivity index (χ1v) is 7.25. The first kappa shape index (κ1) is 17.7. The SMILES string of the molecule is Cn1cc(C2(C)CN(C(=O)CCOCC(F)(F)F)CCO2)cn1. The van der Waals surface area contributed by atoms with Gasteiger partial charge >= 0.3 is 6.18 Å². The number of alkyl halides is 3. The van der Waals surface area contributed by atoms with Crippen molar-refractivity contribution in [2.75, 3.05) is 32.9 Å². The van der Waals surface area contributed by atoms with E-state index in [1.54, 1.807) is 22.8 Å². The number of morpholine rings is 1. The molecule has 0 bridgehead atoms. The summed E-state index contributed by atoms with van der Waals surface area (Å²) in [6.45, 7) is 1.38. The van der Waals surface area contributed by atoms with Gasteiger partial charge in [-0.3, -0.25) is 9.48 Å². The van der Waals surface area contributed by atoms with Crippen LogP contribution in [0.25, 0.3) is 0 Å². The van der Waals surface area contributed by atoms with Gasteiger partial charge in [0.25, 0.3) is 0 Å². The first-order chi connectivity index (χ1) is 10.7. The van der Waals surface area contributed by atoms with Gasteiger partial charge in [0.1, 0.15) is 12.2 Å². The number of carbonyl (C=O) groups excluding carboxylic acids is 1. The molecule has 0 N–H and O–H groups in total. The quantitative estimate of drug-likeness (QED) is 0.765. The first-order valence-electron chi connectivity index (χ1n) is 7.25. The van der Waals surface area contributed by atoms with Gasteiger partial charge in [-0.25, -0.2) is 0 Å². The van der Waals surface area contributed by atoms with Crippen molar-refractivity contribution in [3.05, 3.63) is 18.0 Å². The summed E-state index contributed by atoms with van der Waals surface area (Å²) < 4.78 is 47.9. The molecule has 6 nitrogen and oxygen atoms in total. The molecular weight excluding hydrogens is 315 g/mol. The van der Waals surface area contributed by atoms with E-state index < -0.39 is 18.4 Å². The number of hydrogen-bond acceptors (Lipinski definition) is 4. The van der Waals surface area contributed by atoms with E-state index in [0.717, 1.165) is 5.56 Å². The molecule has 0 spiro atoms. The van der Waals surface area contributed by atoms with Crippen LogP contribution in [0.2, 0.25) is 0 Å². The number of hydrogen-bond donors (Lipinski definition) is 0. The van der Waals surface area contributed by atoms with Gasteiger partial charge in [-0.15, -0.1) is 0 Å². The van der Waals surface area contributed by atoms with E-state index in [0.29, 0.717) is 19.7 Å². The van der Waals surface area contributed by atoms with E-state index in [9.17, 15) is 18.0 Å². The van der Waals surface area contributed by atoms with Crippen LogP contribution in [0.4, 0.5) is 13.2 Å². The van der Waals surface area contributed by atoms with Gasteiger partial charge in [0.2, 0.25) is 5.91 Å². The smallest absolute Gasteiger partial charge is 0.372 e. The Kier molecular flexibility index (Phi) is 5.30. The lowest BCUT2D eigenvalue weighted by atomic mass is 9.97. The highest BCUT2D eigenvalue weighted by atomic mass is 19.4. The molecule has 1 aromatic heterocycles. The molecule has 1 saturated heterocycles. The Labute approximate surface area is 132 Å². The molecule has 2 rings (SSSR count). The van der Waals surface area contributed by atoms with Gasteiger partial charge in [-0.05, 0) is 6.92 Å². The molecule has 2 heterocycles. The van der Waals surface area contributed by atoms with Crippen LogP contribution in [0.1, 0.15) is 18.9 Å². The highest BCUT2D eigenvalue weighted by Gasteiger charge is 2.36. The third-order valence-electron chi connectivity index (χ3n) is 3.67. The summed E-state index contributed by atoms with van der Waals surface area (Å²) in [6, 6.07) is 0. The predicted octanol–water partition coefficient (Wildman–Crippen LogP) is 1.46. The van der Waals surface area contributed by atoms with Gasteiger partial charge in [-0.2, -0.15) is 18.3 Å². The van der Waals surface area contributed by atoms with E-state index in [2.05, 4.69) is 9.84 Å². The predicted molar refractivity (Wildman–Crippen MR) is 74.6 cm³/mol. The Morgan fingerprint density at radius 3 is 2.87 bits per heavy atom. The van der Waals surface area contributed by atoms with Crippen LogP contribution >= 0.6 is 0 Å². The molecule has 1 amide bonds. The molecule has 1 unspecified atom stereocenters. The summed E-state index contributed by atoms with van der Waals surface area (Å²) in [5, 5.41) is 4.10. The average molecular weight is 335 g/mol. The second-order valence-corrected chi connectivity index (χ2v) is 5.72. The fourth-order valence-corrected chi connectivity index (χ4v) is 2.46. The molecule has 1 fully saturated rings. The van der Waals surface area contributed by atoms with Crippen LogP contribution in [0.5, 0.6) is 0 Å². The lowest BCUT2D eigenvalue weighted by molar-refractivity contribution is -0.176. The Hall–Kier alpha value is -1.61. The normalized spacial score (nSPS) is 22.4. The van der Waals surface area contributed by atoms with E-state index in [-0.39, 0.29) is 18.9 Å². The van der Waals surface area contributed by atoms with Gasteiger partial charge in [-0.1, -0.05) is 0 Å². The number of carbonyl (C=O) groups is 1. The molecule has 23 heavy (non-hydrogen) atoms. The number of halogens is 3. The number of nitrogens with zero attached hydrogens (tertiary/aromatic N) is 3. The molecule has 0 aromatic carbocycles. The molecule has 1 aliphatic rings. The highest BCUT2D eigenvalue weighted by molar-refractivity contribution is 5.76. The zero-order chi connectivity index (χ0) is 17.1. The molecule has 1 aliphatic heterocycles. The van der Waals surface area contributed by atoms with Crippen LogP contribution in [0.15, 0.2) is 12.4 Å². The van der Waals surface area contributed by atoms with Crippen molar-refractivity contribution in [2.24, 2.45) is 7.05 Å². The maximum absolute atomic E-state index is 12.1.